The van der Waals surface area contributed by atoms with Crippen molar-refractivity contribution in [1.29, 1.82) is 0 Å². The van der Waals surface area contributed by atoms with E-state index in [9.17, 15) is 9.59 Å². The third-order valence-corrected chi connectivity index (χ3v) is 6.12. The molecule has 1 aliphatic heterocycles. The third-order valence-electron chi connectivity index (χ3n) is 5.81. The lowest BCUT2D eigenvalue weighted by Crippen LogP contribution is -2.36. The minimum atomic E-state index is -0.285. The number of nitrogens with one attached hydrogen (secondary N) is 3. The number of rotatable bonds is 5. The third kappa shape index (κ3) is 4.02. The van der Waals surface area contributed by atoms with Gasteiger partial charge in [0.05, 0.1) is 59.0 Å². The summed E-state index contributed by atoms with van der Waals surface area (Å²) in [5.74, 6) is 0.470. The quantitative estimate of drug-likeness (QED) is 0.378. The van der Waals surface area contributed by atoms with Crippen LogP contribution in [0.3, 0.4) is 0 Å². The molecule has 0 aliphatic carbocycles. The lowest BCUT2D eigenvalue weighted by molar-refractivity contribution is 0.123. The molecule has 0 bridgehead atoms. The fourth-order valence-corrected chi connectivity index (χ4v) is 4.23. The predicted molar refractivity (Wildman–Crippen MR) is 132 cm³/mol. The zero-order chi connectivity index (χ0) is 23.8. The highest BCUT2D eigenvalue weighted by Crippen LogP contribution is 2.33. The van der Waals surface area contributed by atoms with E-state index in [0.717, 1.165) is 5.69 Å². The van der Waals surface area contributed by atoms with Crippen molar-refractivity contribution in [3.63, 3.8) is 0 Å². The molecule has 4 aromatic rings. The number of benzene rings is 2. The van der Waals surface area contributed by atoms with Gasteiger partial charge in [0.15, 0.2) is 0 Å². The summed E-state index contributed by atoms with van der Waals surface area (Å²) >= 11 is 6.12. The molecule has 0 spiro atoms. The molecule has 0 saturated carbocycles. The second-order valence-corrected chi connectivity index (χ2v) is 8.34. The van der Waals surface area contributed by atoms with Crippen LogP contribution in [0.4, 0.5) is 11.4 Å². The summed E-state index contributed by atoms with van der Waals surface area (Å²) in [6, 6.07) is 8.79. The molecule has 2 aromatic carbocycles. The number of hydrogen-bond donors (Lipinski definition) is 3. The first-order valence-electron chi connectivity index (χ1n) is 10.7. The Labute approximate surface area is 198 Å². The average Bonchev–Trinajstić information content (AvgIpc) is 3.35. The molecule has 0 amide bonds. The number of ether oxygens (including phenoxy) is 2. The Balaban J connectivity index is 1.56. The van der Waals surface area contributed by atoms with Crippen LogP contribution in [0.15, 0.2) is 44.9 Å². The SMILES string of the molecule is COc1cc(-n2[nH]c(C)c(C=Nc3cc4[nH]c(=O)[nH]c4cc3N3CCOCC3)c2=O)ccc1Cl. The average molecular weight is 483 g/mol. The molecular weight excluding hydrogens is 460 g/mol. The molecule has 5 rings (SSSR count). The van der Waals surface area contributed by atoms with E-state index in [1.165, 1.54) is 11.8 Å². The number of aliphatic imine (C=N–C) groups is 1. The van der Waals surface area contributed by atoms with E-state index >= 15 is 0 Å². The van der Waals surface area contributed by atoms with Gasteiger partial charge >= 0.3 is 5.69 Å². The van der Waals surface area contributed by atoms with Crippen LogP contribution < -0.4 is 20.9 Å². The van der Waals surface area contributed by atoms with Crippen LogP contribution in [0.25, 0.3) is 16.7 Å². The monoisotopic (exact) mass is 482 g/mol. The molecule has 10 nitrogen and oxygen atoms in total. The van der Waals surface area contributed by atoms with Crippen molar-refractivity contribution in [2.45, 2.75) is 6.92 Å². The molecule has 2 aromatic heterocycles. The molecule has 3 heterocycles. The van der Waals surface area contributed by atoms with Crippen LogP contribution in [0.5, 0.6) is 5.75 Å². The predicted octanol–water partition coefficient (Wildman–Crippen LogP) is 2.89. The van der Waals surface area contributed by atoms with Crippen LogP contribution in [0.2, 0.25) is 5.02 Å². The van der Waals surface area contributed by atoms with Gasteiger partial charge in [-0.1, -0.05) is 11.6 Å². The van der Waals surface area contributed by atoms with E-state index in [-0.39, 0.29) is 11.2 Å². The van der Waals surface area contributed by atoms with Gasteiger partial charge in [-0.2, -0.15) is 0 Å². The maximum absolute atomic E-state index is 13.2. The molecule has 1 saturated heterocycles. The lowest BCUT2D eigenvalue weighted by Gasteiger charge is -2.29. The van der Waals surface area contributed by atoms with Gasteiger partial charge in [-0.15, -0.1) is 0 Å². The van der Waals surface area contributed by atoms with Crippen LogP contribution in [-0.2, 0) is 4.74 Å². The van der Waals surface area contributed by atoms with Gasteiger partial charge in [0.1, 0.15) is 5.75 Å². The number of anilines is 1. The first-order valence-corrected chi connectivity index (χ1v) is 11.1. The summed E-state index contributed by atoms with van der Waals surface area (Å²) in [4.78, 5) is 37.4. The fraction of sp³-hybridized carbons (Fsp3) is 0.261. The number of halogens is 1. The zero-order valence-corrected chi connectivity index (χ0v) is 19.4. The van der Waals surface area contributed by atoms with Crippen LogP contribution >= 0.6 is 11.6 Å². The van der Waals surface area contributed by atoms with Crippen molar-refractivity contribution in [2.24, 2.45) is 4.99 Å². The van der Waals surface area contributed by atoms with Crippen molar-refractivity contribution in [3.05, 3.63) is 67.4 Å². The maximum Gasteiger partial charge on any atom is 0.323 e. The summed E-state index contributed by atoms with van der Waals surface area (Å²) in [7, 11) is 1.52. The molecule has 3 N–H and O–H groups in total. The Morgan fingerprint density at radius 2 is 1.85 bits per heavy atom. The summed E-state index contributed by atoms with van der Waals surface area (Å²) < 4.78 is 12.2. The smallest absolute Gasteiger partial charge is 0.323 e. The second-order valence-electron chi connectivity index (χ2n) is 7.93. The normalized spacial score (nSPS) is 14.4. The Morgan fingerprint density at radius 1 is 1.12 bits per heavy atom. The minimum Gasteiger partial charge on any atom is -0.495 e. The first-order chi connectivity index (χ1) is 16.4. The van der Waals surface area contributed by atoms with E-state index < -0.39 is 0 Å². The lowest BCUT2D eigenvalue weighted by atomic mass is 10.2. The summed E-state index contributed by atoms with van der Waals surface area (Å²) in [6.07, 6.45) is 1.55. The molecule has 1 aliphatic rings. The van der Waals surface area contributed by atoms with Crippen molar-refractivity contribution in [1.82, 2.24) is 19.7 Å². The van der Waals surface area contributed by atoms with Crippen LogP contribution in [-0.4, -0.2) is 59.4 Å². The van der Waals surface area contributed by atoms with E-state index in [0.29, 0.717) is 70.7 Å². The first kappa shape index (κ1) is 22.1. The van der Waals surface area contributed by atoms with E-state index in [2.05, 4.69) is 25.0 Å². The number of aromatic amines is 3. The van der Waals surface area contributed by atoms with Gasteiger partial charge in [0.25, 0.3) is 5.56 Å². The molecule has 176 valence electrons. The Bertz CT molecular complexity index is 1510. The molecule has 34 heavy (non-hydrogen) atoms. The highest BCUT2D eigenvalue weighted by atomic mass is 35.5. The van der Waals surface area contributed by atoms with Crippen LogP contribution in [0, 0.1) is 6.92 Å². The number of aryl methyl sites for hydroxylation is 1. The number of H-pyrrole nitrogens is 3. The zero-order valence-electron chi connectivity index (χ0n) is 18.6. The van der Waals surface area contributed by atoms with Crippen molar-refractivity contribution >= 4 is 40.2 Å². The molecule has 0 radical (unpaired) electrons. The van der Waals surface area contributed by atoms with Crippen molar-refractivity contribution in [2.75, 3.05) is 38.3 Å². The van der Waals surface area contributed by atoms with E-state index in [1.807, 2.05) is 13.0 Å². The van der Waals surface area contributed by atoms with Crippen LogP contribution in [0.1, 0.15) is 11.3 Å². The molecule has 0 atom stereocenters. The van der Waals surface area contributed by atoms with E-state index in [4.69, 9.17) is 21.1 Å². The van der Waals surface area contributed by atoms with Gasteiger partial charge in [-0.25, -0.2) is 9.48 Å². The summed E-state index contributed by atoms with van der Waals surface area (Å²) in [6.45, 7) is 4.43. The largest absolute Gasteiger partial charge is 0.495 e. The topological polar surface area (TPSA) is 120 Å². The minimum absolute atomic E-state index is 0.255. The van der Waals surface area contributed by atoms with Gasteiger partial charge in [-0.05, 0) is 31.2 Å². The highest BCUT2D eigenvalue weighted by Gasteiger charge is 2.18. The molecular formula is C23H23ClN6O4. The molecule has 1 fully saturated rings. The van der Waals surface area contributed by atoms with Gasteiger partial charge in [0.2, 0.25) is 0 Å². The molecule has 0 unspecified atom stereocenters. The number of methoxy groups -OCH3 is 1. The number of hydrogen-bond acceptors (Lipinski definition) is 6. The summed E-state index contributed by atoms with van der Waals surface area (Å²) in [5, 5.41) is 3.54. The summed E-state index contributed by atoms with van der Waals surface area (Å²) in [5.41, 5.74) is 3.97. The fourth-order valence-electron chi connectivity index (χ4n) is 4.04. The van der Waals surface area contributed by atoms with Gasteiger partial charge in [-0.3, -0.25) is 14.9 Å². The highest BCUT2D eigenvalue weighted by molar-refractivity contribution is 6.32. The van der Waals surface area contributed by atoms with Gasteiger partial charge in [0, 0.05) is 31.1 Å². The standard InChI is InChI=1S/C23H23ClN6O4/c1-13-15(22(31)30(28-13)14-3-4-16(24)21(9-14)33-2)12-25-19-10-17-18(27-23(32)26-17)11-20(19)29-5-7-34-8-6-29/h3-4,9-12,28H,5-8H2,1-2H3,(H2,26,27,32). The number of morpholine rings is 1. The Kier molecular flexibility index (Phi) is 5.76. The second kappa shape index (κ2) is 8.88. The maximum atomic E-state index is 13.2. The van der Waals surface area contributed by atoms with Crippen molar-refractivity contribution < 1.29 is 9.47 Å². The van der Waals surface area contributed by atoms with E-state index in [1.54, 1.807) is 30.5 Å². The number of nitrogens with zero attached hydrogens (tertiary/aromatic N) is 3. The van der Waals surface area contributed by atoms with Crippen molar-refractivity contribution in [3.8, 4) is 11.4 Å². The number of aromatic nitrogens is 4. The number of fused-ring (bicyclic) bond motifs is 1. The Morgan fingerprint density at radius 3 is 2.59 bits per heavy atom. The Hall–Kier alpha value is -3.76. The van der Waals surface area contributed by atoms with Gasteiger partial charge < -0.3 is 24.3 Å². The number of imidazole rings is 1. The molecule has 11 heteroatoms.